The molecule has 0 fully saturated rings. The smallest absolute Gasteiger partial charge is 0.120 e. The van der Waals surface area contributed by atoms with Crippen molar-refractivity contribution in [3.05, 3.63) is 23.5 Å². The fourth-order valence-corrected chi connectivity index (χ4v) is 2.04. The van der Waals surface area contributed by atoms with Crippen LogP contribution in [0.4, 0.5) is 0 Å². The summed E-state index contributed by atoms with van der Waals surface area (Å²) in [7, 11) is 0. The molecule has 1 N–H and O–H groups in total. The van der Waals surface area contributed by atoms with Gasteiger partial charge in [0.05, 0.1) is 17.9 Å². The summed E-state index contributed by atoms with van der Waals surface area (Å²) >= 11 is 1.14. The van der Waals surface area contributed by atoms with E-state index >= 15 is 0 Å². The first-order valence-corrected chi connectivity index (χ1v) is 5.25. The molecule has 3 nitrogen and oxygen atoms in total. The number of aliphatic hydroxyl groups excluding tert-OH is 1. The first-order chi connectivity index (χ1) is 6.38. The van der Waals surface area contributed by atoms with Crippen molar-refractivity contribution in [2.45, 2.75) is 31.8 Å². The zero-order valence-corrected chi connectivity index (χ0v) is 8.13. The molecule has 1 aromatic heterocycles. The van der Waals surface area contributed by atoms with Gasteiger partial charge in [0.1, 0.15) is 11.8 Å². The van der Waals surface area contributed by atoms with Crippen LogP contribution in [0.25, 0.3) is 0 Å². The normalized spacial score (nSPS) is 19.6. The monoisotopic (exact) mass is 196 g/mol. The van der Waals surface area contributed by atoms with Gasteiger partial charge in [-0.2, -0.15) is 8.75 Å². The molecule has 1 unspecified atom stereocenters. The van der Waals surface area contributed by atoms with Gasteiger partial charge in [0.15, 0.2) is 0 Å². The van der Waals surface area contributed by atoms with Gasteiger partial charge in [0.25, 0.3) is 0 Å². The maximum atomic E-state index is 9.87. The molecule has 1 aliphatic carbocycles. The van der Waals surface area contributed by atoms with Crippen molar-refractivity contribution in [3.63, 3.8) is 0 Å². The molecule has 1 atom stereocenters. The highest BCUT2D eigenvalue weighted by Crippen LogP contribution is 2.28. The summed E-state index contributed by atoms with van der Waals surface area (Å²) in [6.07, 6.45) is 7.77. The third kappa shape index (κ3) is 1.95. The highest BCUT2D eigenvalue weighted by atomic mass is 32.1. The molecule has 0 spiro atoms. The number of aliphatic hydroxyl groups is 1. The van der Waals surface area contributed by atoms with Gasteiger partial charge in [-0.15, -0.1) is 0 Å². The predicted octanol–water partition coefficient (Wildman–Crippen LogP) is 2.07. The zero-order chi connectivity index (χ0) is 9.10. The van der Waals surface area contributed by atoms with Gasteiger partial charge in [0.2, 0.25) is 0 Å². The zero-order valence-electron chi connectivity index (χ0n) is 7.31. The van der Waals surface area contributed by atoms with Crippen LogP contribution in [0.15, 0.2) is 17.8 Å². The highest BCUT2D eigenvalue weighted by molar-refractivity contribution is 6.99. The van der Waals surface area contributed by atoms with Crippen LogP contribution >= 0.6 is 11.7 Å². The largest absolute Gasteiger partial charge is 0.382 e. The van der Waals surface area contributed by atoms with E-state index in [-0.39, 0.29) is 0 Å². The van der Waals surface area contributed by atoms with Crippen LogP contribution < -0.4 is 0 Å². The van der Waals surface area contributed by atoms with Gasteiger partial charge in [0, 0.05) is 0 Å². The lowest BCUT2D eigenvalue weighted by atomic mass is 9.94. The molecule has 13 heavy (non-hydrogen) atoms. The van der Waals surface area contributed by atoms with Gasteiger partial charge < -0.3 is 5.11 Å². The molecule has 0 amide bonds. The number of hydrogen-bond acceptors (Lipinski definition) is 4. The second-order valence-corrected chi connectivity index (χ2v) is 3.82. The van der Waals surface area contributed by atoms with Gasteiger partial charge in [-0.1, -0.05) is 6.08 Å². The fraction of sp³-hybridized carbons (Fsp3) is 0.556. The van der Waals surface area contributed by atoms with Crippen LogP contribution in [0.5, 0.6) is 0 Å². The Hall–Kier alpha value is -0.740. The van der Waals surface area contributed by atoms with Crippen LogP contribution in [0.3, 0.4) is 0 Å². The first kappa shape index (κ1) is 8.84. The van der Waals surface area contributed by atoms with Crippen molar-refractivity contribution in [1.82, 2.24) is 8.75 Å². The third-order valence-corrected chi connectivity index (χ3v) is 2.83. The number of aromatic nitrogens is 2. The Morgan fingerprint density at radius 2 is 2.38 bits per heavy atom. The molecule has 0 aliphatic heterocycles. The number of rotatable bonds is 2. The van der Waals surface area contributed by atoms with Gasteiger partial charge in [-0.25, -0.2) is 0 Å². The SMILES string of the molecule is OC(C1=CCCCC1)c1cnsn1. The van der Waals surface area contributed by atoms with Crippen LogP contribution in [0.1, 0.15) is 37.5 Å². The number of nitrogens with zero attached hydrogens (tertiary/aromatic N) is 2. The molecule has 70 valence electrons. The molecular weight excluding hydrogens is 184 g/mol. The molecule has 4 heteroatoms. The van der Waals surface area contributed by atoms with E-state index in [4.69, 9.17) is 0 Å². The second-order valence-electron chi connectivity index (χ2n) is 3.26. The van der Waals surface area contributed by atoms with E-state index in [1.807, 2.05) is 0 Å². The van der Waals surface area contributed by atoms with Gasteiger partial charge in [-0.05, 0) is 31.3 Å². The van der Waals surface area contributed by atoms with E-state index < -0.39 is 6.10 Å². The summed E-state index contributed by atoms with van der Waals surface area (Å²) in [5.41, 5.74) is 1.80. The Labute approximate surface area is 81.4 Å². The Kier molecular flexibility index (Phi) is 2.71. The summed E-state index contributed by atoms with van der Waals surface area (Å²) in [4.78, 5) is 0. The predicted molar refractivity (Wildman–Crippen MR) is 51.4 cm³/mol. The minimum atomic E-state index is -0.515. The molecule has 1 aromatic rings. The van der Waals surface area contributed by atoms with E-state index in [0.717, 1.165) is 30.1 Å². The molecular formula is C9H12N2OS. The molecule has 2 rings (SSSR count). The van der Waals surface area contributed by atoms with Crippen LogP contribution in [-0.4, -0.2) is 13.9 Å². The average Bonchev–Trinajstić information content (AvgIpc) is 2.71. The minimum absolute atomic E-state index is 0.515. The van der Waals surface area contributed by atoms with Crippen molar-refractivity contribution >= 4 is 11.7 Å². The van der Waals surface area contributed by atoms with E-state index in [0.29, 0.717) is 5.69 Å². The number of hydrogen-bond donors (Lipinski definition) is 1. The van der Waals surface area contributed by atoms with Crippen molar-refractivity contribution in [1.29, 1.82) is 0 Å². The van der Waals surface area contributed by atoms with Crippen LogP contribution in [0, 0.1) is 0 Å². The molecule has 1 heterocycles. The molecule has 0 aromatic carbocycles. The summed E-state index contributed by atoms with van der Waals surface area (Å²) in [5.74, 6) is 0. The first-order valence-electron chi connectivity index (χ1n) is 4.52. The fourth-order valence-electron chi connectivity index (χ4n) is 1.59. The van der Waals surface area contributed by atoms with Crippen molar-refractivity contribution in [2.75, 3.05) is 0 Å². The second kappa shape index (κ2) is 3.98. The van der Waals surface area contributed by atoms with Crippen molar-refractivity contribution in [3.8, 4) is 0 Å². The van der Waals surface area contributed by atoms with Gasteiger partial charge in [-0.3, -0.25) is 0 Å². The lowest BCUT2D eigenvalue weighted by Crippen LogP contribution is -2.04. The quantitative estimate of drug-likeness (QED) is 0.736. The summed E-state index contributed by atoms with van der Waals surface area (Å²) in [6, 6.07) is 0. The topological polar surface area (TPSA) is 46.0 Å². The average molecular weight is 196 g/mol. The maximum absolute atomic E-state index is 9.87. The van der Waals surface area contributed by atoms with E-state index in [9.17, 15) is 5.11 Å². The third-order valence-electron chi connectivity index (χ3n) is 2.34. The summed E-state index contributed by atoms with van der Waals surface area (Å²) < 4.78 is 7.91. The molecule has 0 bridgehead atoms. The summed E-state index contributed by atoms with van der Waals surface area (Å²) in [6.45, 7) is 0. The molecule has 1 aliphatic rings. The maximum Gasteiger partial charge on any atom is 0.120 e. The Morgan fingerprint density at radius 3 is 3.00 bits per heavy atom. The molecule has 0 saturated carbocycles. The number of allylic oxidation sites excluding steroid dienone is 1. The minimum Gasteiger partial charge on any atom is -0.382 e. The Balaban J connectivity index is 2.12. The molecule has 0 saturated heterocycles. The van der Waals surface area contributed by atoms with Crippen molar-refractivity contribution in [2.24, 2.45) is 0 Å². The highest BCUT2D eigenvalue weighted by Gasteiger charge is 2.17. The Morgan fingerprint density at radius 1 is 1.46 bits per heavy atom. The lowest BCUT2D eigenvalue weighted by molar-refractivity contribution is 0.204. The lowest BCUT2D eigenvalue weighted by Gasteiger charge is -2.16. The van der Waals surface area contributed by atoms with E-state index in [1.165, 1.54) is 12.8 Å². The van der Waals surface area contributed by atoms with Crippen molar-refractivity contribution < 1.29 is 5.11 Å². The van der Waals surface area contributed by atoms with Crippen LogP contribution in [0.2, 0.25) is 0 Å². The van der Waals surface area contributed by atoms with Gasteiger partial charge >= 0.3 is 0 Å². The summed E-state index contributed by atoms with van der Waals surface area (Å²) in [5, 5.41) is 9.87. The molecule has 0 radical (unpaired) electrons. The van der Waals surface area contributed by atoms with E-state index in [2.05, 4.69) is 14.8 Å². The standard InChI is InChI=1S/C9H12N2OS/c12-9(8-6-10-13-11-8)7-4-2-1-3-5-7/h4,6,9,12H,1-3,5H2. The van der Waals surface area contributed by atoms with Crippen LogP contribution in [-0.2, 0) is 0 Å². The Bertz CT molecular complexity index is 295. The van der Waals surface area contributed by atoms with E-state index in [1.54, 1.807) is 6.20 Å².